The fourth-order valence-corrected chi connectivity index (χ4v) is 3.86. The van der Waals surface area contributed by atoms with Crippen molar-refractivity contribution >= 4 is 16.1 Å². The lowest BCUT2D eigenvalue weighted by Gasteiger charge is -2.26. The molecule has 0 heterocycles. The molecule has 1 aliphatic carbocycles. The Morgan fingerprint density at radius 3 is 2.33 bits per heavy atom. The Kier molecular flexibility index (Phi) is 5.36. The van der Waals surface area contributed by atoms with Crippen LogP contribution in [-0.2, 0) is 29.6 Å². The highest BCUT2D eigenvalue weighted by Crippen LogP contribution is 2.28. The number of hydrogen-bond acceptors (Lipinski definition) is 5. The Morgan fingerprint density at radius 2 is 1.76 bits per heavy atom. The van der Waals surface area contributed by atoms with Gasteiger partial charge in [-0.15, -0.1) is 0 Å². The van der Waals surface area contributed by atoms with E-state index in [1.807, 2.05) is 6.07 Å². The standard InChI is InChI=1S/C15H20O5S/c1-19-15(16)13-7-9-14(10-8-13)20-21(17,18)11-12-5-3-2-4-6-12/h2-6,13-14H,7-11H2,1H3. The summed E-state index contributed by atoms with van der Waals surface area (Å²) in [4.78, 5) is 11.4. The molecule has 0 saturated heterocycles. The highest BCUT2D eigenvalue weighted by Gasteiger charge is 2.30. The average molecular weight is 312 g/mol. The van der Waals surface area contributed by atoms with Crippen LogP contribution in [-0.4, -0.2) is 27.6 Å². The lowest BCUT2D eigenvalue weighted by molar-refractivity contribution is -0.147. The fraction of sp³-hybridized carbons (Fsp3) is 0.533. The van der Waals surface area contributed by atoms with Crippen LogP contribution < -0.4 is 0 Å². The largest absolute Gasteiger partial charge is 0.469 e. The van der Waals surface area contributed by atoms with Crippen molar-refractivity contribution in [2.75, 3.05) is 7.11 Å². The van der Waals surface area contributed by atoms with Gasteiger partial charge in [0.15, 0.2) is 0 Å². The lowest BCUT2D eigenvalue weighted by Crippen LogP contribution is -2.29. The first-order valence-corrected chi connectivity index (χ1v) is 8.60. The van der Waals surface area contributed by atoms with Crippen LogP contribution in [0.5, 0.6) is 0 Å². The summed E-state index contributed by atoms with van der Waals surface area (Å²) in [5, 5.41) is 0. The van der Waals surface area contributed by atoms with E-state index >= 15 is 0 Å². The second kappa shape index (κ2) is 7.04. The Balaban J connectivity index is 1.86. The van der Waals surface area contributed by atoms with Gasteiger partial charge < -0.3 is 4.74 Å². The van der Waals surface area contributed by atoms with E-state index in [0.717, 1.165) is 0 Å². The number of benzene rings is 1. The van der Waals surface area contributed by atoms with Crippen molar-refractivity contribution in [2.24, 2.45) is 5.92 Å². The summed E-state index contributed by atoms with van der Waals surface area (Å²) in [6.45, 7) is 0. The van der Waals surface area contributed by atoms with Crippen LogP contribution in [0.3, 0.4) is 0 Å². The van der Waals surface area contributed by atoms with Gasteiger partial charge in [0.2, 0.25) is 0 Å². The molecule has 0 aromatic heterocycles. The summed E-state index contributed by atoms with van der Waals surface area (Å²) in [5.41, 5.74) is 0.709. The van der Waals surface area contributed by atoms with Crippen LogP contribution in [0.1, 0.15) is 31.2 Å². The first-order chi connectivity index (χ1) is 10.00. The molecule has 5 nitrogen and oxygen atoms in total. The van der Waals surface area contributed by atoms with E-state index in [0.29, 0.717) is 31.2 Å². The molecule has 116 valence electrons. The summed E-state index contributed by atoms with van der Waals surface area (Å²) in [5.74, 6) is -0.475. The van der Waals surface area contributed by atoms with Crippen LogP contribution >= 0.6 is 0 Å². The van der Waals surface area contributed by atoms with Crippen LogP contribution in [0.25, 0.3) is 0 Å². The second-order valence-electron chi connectivity index (χ2n) is 5.28. The smallest absolute Gasteiger partial charge is 0.308 e. The van der Waals surface area contributed by atoms with Gasteiger partial charge in [-0.1, -0.05) is 30.3 Å². The van der Waals surface area contributed by atoms with Gasteiger partial charge in [-0.25, -0.2) is 0 Å². The summed E-state index contributed by atoms with van der Waals surface area (Å²) < 4.78 is 34.0. The Morgan fingerprint density at radius 1 is 1.14 bits per heavy atom. The maximum absolute atomic E-state index is 12.0. The predicted molar refractivity (Wildman–Crippen MR) is 77.9 cm³/mol. The molecule has 1 aromatic rings. The zero-order valence-corrected chi connectivity index (χ0v) is 12.8. The second-order valence-corrected chi connectivity index (χ2v) is 6.88. The van der Waals surface area contributed by atoms with Crippen LogP contribution in [0.4, 0.5) is 0 Å². The number of rotatable bonds is 5. The van der Waals surface area contributed by atoms with Gasteiger partial charge in [0.25, 0.3) is 10.1 Å². The van der Waals surface area contributed by atoms with Gasteiger partial charge in [0.1, 0.15) is 5.75 Å². The van der Waals surface area contributed by atoms with Gasteiger partial charge in [-0.2, -0.15) is 8.42 Å². The molecular formula is C15H20O5S. The molecule has 0 N–H and O–H groups in total. The minimum Gasteiger partial charge on any atom is -0.469 e. The average Bonchev–Trinajstić information content (AvgIpc) is 2.47. The molecule has 1 aliphatic rings. The van der Waals surface area contributed by atoms with Crippen molar-refractivity contribution in [1.29, 1.82) is 0 Å². The molecule has 0 atom stereocenters. The molecule has 0 spiro atoms. The van der Waals surface area contributed by atoms with Crippen LogP contribution in [0.15, 0.2) is 30.3 Å². The number of esters is 1. The van der Waals surface area contributed by atoms with E-state index < -0.39 is 10.1 Å². The minimum absolute atomic E-state index is 0.120. The Bertz CT molecular complexity index is 559. The monoisotopic (exact) mass is 312 g/mol. The molecule has 6 heteroatoms. The van der Waals surface area contributed by atoms with Crippen LogP contribution in [0, 0.1) is 5.92 Å². The molecule has 21 heavy (non-hydrogen) atoms. The van der Waals surface area contributed by atoms with Gasteiger partial charge >= 0.3 is 5.97 Å². The highest BCUT2D eigenvalue weighted by atomic mass is 32.2. The number of ether oxygens (including phenoxy) is 1. The third-order valence-electron chi connectivity index (χ3n) is 3.68. The van der Waals surface area contributed by atoms with E-state index in [2.05, 4.69) is 0 Å². The third kappa shape index (κ3) is 4.82. The zero-order valence-electron chi connectivity index (χ0n) is 12.0. The first kappa shape index (κ1) is 16.0. The van der Waals surface area contributed by atoms with Gasteiger partial charge in [-0.3, -0.25) is 8.98 Å². The number of carbonyl (C=O) groups excluding carboxylic acids is 1. The molecule has 0 bridgehead atoms. The maximum atomic E-state index is 12.0. The van der Waals surface area contributed by atoms with Crippen molar-refractivity contribution in [3.05, 3.63) is 35.9 Å². The molecule has 1 saturated carbocycles. The topological polar surface area (TPSA) is 69.7 Å². The van der Waals surface area contributed by atoms with E-state index in [1.54, 1.807) is 24.3 Å². The SMILES string of the molecule is COC(=O)C1CCC(OS(=O)(=O)Cc2ccccc2)CC1. The van der Waals surface area contributed by atoms with E-state index in [-0.39, 0.29) is 23.7 Å². The maximum Gasteiger partial charge on any atom is 0.308 e. The minimum atomic E-state index is -3.59. The van der Waals surface area contributed by atoms with E-state index in [9.17, 15) is 13.2 Å². The summed E-state index contributed by atoms with van der Waals surface area (Å²) in [6, 6.07) is 8.95. The highest BCUT2D eigenvalue weighted by molar-refractivity contribution is 7.85. The molecule has 1 aromatic carbocycles. The molecule has 0 amide bonds. The predicted octanol–water partition coefficient (Wildman–Crippen LogP) is 2.26. The molecule has 0 aliphatic heterocycles. The lowest BCUT2D eigenvalue weighted by atomic mass is 9.88. The number of hydrogen-bond donors (Lipinski definition) is 0. The summed E-state index contributed by atoms with van der Waals surface area (Å²) in [6.07, 6.45) is 2.01. The summed E-state index contributed by atoms with van der Waals surface area (Å²) >= 11 is 0. The van der Waals surface area contributed by atoms with Crippen molar-refractivity contribution in [1.82, 2.24) is 0 Å². The van der Waals surface area contributed by atoms with Crippen molar-refractivity contribution in [3.63, 3.8) is 0 Å². The summed E-state index contributed by atoms with van der Waals surface area (Å²) in [7, 11) is -2.22. The van der Waals surface area contributed by atoms with Crippen molar-refractivity contribution < 1.29 is 22.1 Å². The van der Waals surface area contributed by atoms with Crippen molar-refractivity contribution in [2.45, 2.75) is 37.5 Å². The van der Waals surface area contributed by atoms with Gasteiger partial charge in [0, 0.05) is 0 Å². The first-order valence-electron chi connectivity index (χ1n) is 7.03. The molecule has 0 unspecified atom stereocenters. The number of methoxy groups -OCH3 is 1. The third-order valence-corrected chi connectivity index (χ3v) is 4.93. The van der Waals surface area contributed by atoms with Crippen molar-refractivity contribution in [3.8, 4) is 0 Å². The Labute approximate surface area is 125 Å². The normalized spacial score (nSPS) is 22.7. The fourth-order valence-electron chi connectivity index (χ4n) is 2.58. The van der Waals surface area contributed by atoms with Gasteiger partial charge in [-0.05, 0) is 31.2 Å². The Hall–Kier alpha value is -1.40. The number of carbonyl (C=O) groups is 1. The van der Waals surface area contributed by atoms with Gasteiger partial charge in [0.05, 0.1) is 19.1 Å². The quantitative estimate of drug-likeness (QED) is 0.616. The van der Waals surface area contributed by atoms with Crippen LogP contribution in [0.2, 0.25) is 0 Å². The molecule has 2 rings (SSSR count). The zero-order chi connectivity index (χ0) is 15.3. The molecular weight excluding hydrogens is 292 g/mol. The molecule has 1 fully saturated rings. The van der Waals surface area contributed by atoms with E-state index in [1.165, 1.54) is 7.11 Å². The molecule has 0 radical (unpaired) electrons. The van der Waals surface area contributed by atoms with E-state index in [4.69, 9.17) is 8.92 Å².